The van der Waals surface area contributed by atoms with Gasteiger partial charge in [-0.25, -0.2) is 9.78 Å². The van der Waals surface area contributed by atoms with Crippen molar-refractivity contribution in [3.8, 4) is 11.4 Å². The van der Waals surface area contributed by atoms with Crippen molar-refractivity contribution < 1.29 is 19.1 Å². The summed E-state index contributed by atoms with van der Waals surface area (Å²) in [5.41, 5.74) is 2.01. The van der Waals surface area contributed by atoms with Gasteiger partial charge >= 0.3 is 11.9 Å². The maximum absolute atomic E-state index is 13.5. The molecule has 8 heteroatoms. The predicted octanol–water partition coefficient (Wildman–Crippen LogP) is 2.73. The van der Waals surface area contributed by atoms with Crippen LogP contribution in [-0.4, -0.2) is 46.0 Å². The van der Waals surface area contributed by atoms with Gasteiger partial charge in [-0.3, -0.25) is 14.5 Å². The lowest BCUT2D eigenvalue weighted by Crippen LogP contribution is -2.48. The van der Waals surface area contributed by atoms with Crippen molar-refractivity contribution in [3.63, 3.8) is 0 Å². The Morgan fingerprint density at radius 3 is 2.76 bits per heavy atom. The molecule has 8 nitrogen and oxygen atoms in total. The van der Waals surface area contributed by atoms with E-state index in [4.69, 9.17) is 14.5 Å². The Balaban J connectivity index is 1.47. The molecule has 0 unspecified atom stereocenters. The van der Waals surface area contributed by atoms with Crippen LogP contribution in [0.4, 0.5) is 0 Å². The molecular formula is C26H25N3O5. The SMILES string of the molecule is CC[C@@]1(OC(=O)CN2CCCC2)C(=O)OCc2c1cc1n(c2=O)Cc2cc3ccccc3nc2-1. The second-order valence-electron chi connectivity index (χ2n) is 9.22. The van der Waals surface area contributed by atoms with Crippen LogP contribution in [0.15, 0.2) is 41.2 Å². The Kier molecular flexibility index (Phi) is 4.81. The van der Waals surface area contributed by atoms with Gasteiger partial charge in [0.15, 0.2) is 0 Å². The third-order valence-corrected chi connectivity index (χ3v) is 7.22. The number of aromatic nitrogens is 2. The topological polar surface area (TPSA) is 90.7 Å². The first-order valence-corrected chi connectivity index (χ1v) is 11.8. The maximum atomic E-state index is 13.5. The van der Waals surface area contributed by atoms with Gasteiger partial charge in [0.05, 0.1) is 35.6 Å². The highest BCUT2D eigenvalue weighted by Gasteiger charge is 2.50. The molecule has 34 heavy (non-hydrogen) atoms. The van der Waals surface area contributed by atoms with Crippen molar-refractivity contribution >= 4 is 22.8 Å². The molecule has 5 heterocycles. The van der Waals surface area contributed by atoms with Gasteiger partial charge in [0.1, 0.15) is 6.61 Å². The van der Waals surface area contributed by atoms with Gasteiger partial charge in [0, 0.05) is 16.5 Å². The van der Waals surface area contributed by atoms with Crippen molar-refractivity contribution in [2.24, 2.45) is 0 Å². The molecule has 3 aromatic rings. The van der Waals surface area contributed by atoms with E-state index >= 15 is 0 Å². The highest BCUT2D eigenvalue weighted by Crippen LogP contribution is 2.41. The standard InChI is InChI=1S/C26H25N3O5/c1-2-26(34-22(30)14-28-9-5-6-10-28)19-12-21-23-17(11-16-7-3-4-8-20(16)27-23)13-29(21)24(31)18(19)15-33-25(26)32/h3-4,7-8,11-12H,2,5-6,9-10,13-15H2,1H3/t26-/m0/s1. The van der Waals surface area contributed by atoms with Crippen LogP contribution in [0.5, 0.6) is 0 Å². The predicted molar refractivity (Wildman–Crippen MR) is 124 cm³/mol. The third kappa shape index (κ3) is 3.09. The van der Waals surface area contributed by atoms with E-state index in [0.29, 0.717) is 29.1 Å². The number of carbonyl (C=O) groups is 2. The molecule has 3 aliphatic heterocycles. The van der Waals surface area contributed by atoms with E-state index in [1.807, 2.05) is 35.2 Å². The van der Waals surface area contributed by atoms with E-state index in [2.05, 4.69) is 0 Å². The third-order valence-electron chi connectivity index (χ3n) is 7.22. The molecule has 0 amide bonds. The number of nitrogens with zero attached hydrogens (tertiary/aromatic N) is 3. The summed E-state index contributed by atoms with van der Waals surface area (Å²) in [5, 5.41) is 1.00. The fourth-order valence-electron chi connectivity index (χ4n) is 5.43. The van der Waals surface area contributed by atoms with Crippen molar-refractivity contribution in [2.45, 2.75) is 44.9 Å². The van der Waals surface area contributed by atoms with Crippen LogP contribution >= 0.6 is 0 Å². The Hall–Kier alpha value is -3.52. The number of hydrogen-bond acceptors (Lipinski definition) is 7. The number of hydrogen-bond donors (Lipinski definition) is 0. The molecular weight excluding hydrogens is 434 g/mol. The number of ether oxygens (including phenoxy) is 2. The summed E-state index contributed by atoms with van der Waals surface area (Å²) >= 11 is 0. The van der Waals surface area contributed by atoms with Crippen molar-refractivity contribution in [1.29, 1.82) is 0 Å². The summed E-state index contributed by atoms with van der Waals surface area (Å²) < 4.78 is 12.9. The number of pyridine rings is 2. The smallest absolute Gasteiger partial charge is 0.355 e. The van der Waals surface area contributed by atoms with Crippen LogP contribution < -0.4 is 5.56 Å². The first-order chi connectivity index (χ1) is 16.5. The lowest BCUT2D eigenvalue weighted by Gasteiger charge is -2.36. The number of rotatable bonds is 4. The Bertz CT molecular complexity index is 1410. The van der Waals surface area contributed by atoms with Crippen LogP contribution in [0, 0.1) is 0 Å². The number of fused-ring (bicyclic) bond motifs is 5. The van der Waals surface area contributed by atoms with Crippen molar-refractivity contribution in [3.05, 3.63) is 63.4 Å². The summed E-state index contributed by atoms with van der Waals surface area (Å²) in [6, 6.07) is 11.7. The number of esters is 2. The van der Waals surface area contributed by atoms with E-state index in [-0.39, 0.29) is 25.1 Å². The molecule has 0 N–H and O–H groups in total. The van der Waals surface area contributed by atoms with Crippen LogP contribution in [-0.2, 0) is 37.8 Å². The van der Waals surface area contributed by atoms with Gasteiger partial charge in [-0.1, -0.05) is 25.1 Å². The minimum atomic E-state index is -1.64. The van der Waals surface area contributed by atoms with E-state index in [1.165, 1.54) is 0 Å². The molecule has 0 aliphatic carbocycles. The quantitative estimate of drug-likeness (QED) is 0.434. The van der Waals surface area contributed by atoms with Gasteiger partial charge in [0.25, 0.3) is 5.56 Å². The number of benzene rings is 1. The summed E-state index contributed by atoms with van der Waals surface area (Å²) in [4.78, 5) is 46.3. The number of cyclic esters (lactones) is 1. The molecule has 0 saturated carbocycles. The number of carbonyl (C=O) groups excluding carboxylic acids is 2. The van der Waals surface area contributed by atoms with Gasteiger partial charge < -0.3 is 14.0 Å². The van der Waals surface area contributed by atoms with Crippen LogP contribution in [0.3, 0.4) is 0 Å². The maximum Gasteiger partial charge on any atom is 0.355 e. The van der Waals surface area contributed by atoms with E-state index < -0.39 is 17.5 Å². The van der Waals surface area contributed by atoms with E-state index in [0.717, 1.165) is 42.4 Å². The van der Waals surface area contributed by atoms with Crippen LogP contribution in [0.2, 0.25) is 0 Å². The zero-order valence-electron chi connectivity index (χ0n) is 19.0. The summed E-state index contributed by atoms with van der Waals surface area (Å²) in [5.74, 6) is -1.12. The summed E-state index contributed by atoms with van der Waals surface area (Å²) in [6.45, 7) is 3.82. The van der Waals surface area contributed by atoms with E-state index in [1.54, 1.807) is 17.6 Å². The molecule has 174 valence electrons. The van der Waals surface area contributed by atoms with Gasteiger partial charge in [-0.05, 0) is 50.6 Å². The molecule has 2 aromatic heterocycles. The number of likely N-dealkylation sites (tertiary alicyclic amines) is 1. The minimum absolute atomic E-state index is 0.116. The fraction of sp³-hybridized carbons (Fsp3) is 0.385. The molecule has 3 aliphatic rings. The Labute approximate surface area is 196 Å². The average Bonchev–Trinajstić information content (AvgIpc) is 3.47. The monoisotopic (exact) mass is 459 g/mol. The largest absolute Gasteiger partial charge is 0.457 e. The second-order valence-corrected chi connectivity index (χ2v) is 9.22. The molecule has 6 rings (SSSR count). The average molecular weight is 460 g/mol. The molecule has 1 fully saturated rings. The first-order valence-electron chi connectivity index (χ1n) is 11.8. The normalized spacial score (nSPS) is 21.1. The highest BCUT2D eigenvalue weighted by molar-refractivity contribution is 5.88. The zero-order valence-corrected chi connectivity index (χ0v) is 19.0. The van der Waals surface area contributed by atoms with E-state index in [9.17, 15) is 14.4 Å². The highest BCUT2D eigenvalue weighted by atomic mass is 16.6. The number of para-hydroxylation sites is 1. The summed E-state index contributed by atoms with van der Waals surface area (Å²) in [7, 11) is 0. The summed E-state index contributed by atoms with van der Waals surface area (Å²) in [6.07, 6.45) is 2.26. The fourth-order valence-corrected chi connectivity index (χ4v) is 5.43. The molecule has 0 bridgehead atoms. The first kappa shape index (κ1) is 21.0. The molecule has 0 radical (unpaired) electrons. The van der Waals surface area contributed by atoms with Gasteiger partial charge in [-0.15, -0.1) is 0 Å². The lowest BCUT2D eigenvalue weighted by molar-refractivity contribution is -0.190. The Morgan fingerprint density at radius 2 is 1.97 bits per heavy atom. The van der Waals surface area contributed by atoms with Crippen LogP contribution in [0.1, 0.15) is 42.9 Å². The lowest BCUT2D eigenvalue weighted by atomic mass is 9.85. The zero-order chi connectivity index (χ0) is 23.4. The van der Waals surface area contributed by atoms with Crippen LogP contribution in [0.25, 0.3) is 22.3 Å². The minimum Gasteiger partial charge on any atom is -0.457 e. The van der Waals surface area contributed by atoms with Crippen molar-refractivity contribution in [1.82, 2.24) is 14.5 Å². The molecule has 1 saturated heterocycles. The molecule has 1 atom stereocenters. The molecule has 1 aromatic carbocycles. The second kappa shape index (κ2) is 7.77. The van der Waals surface area contributed by atoms with Gasteiger partial charge in [-0.2, -0.15) is 0 Å². The molecule has 0 spiro atoms. The Morgan fingerprint density at radius 1 is 1.18 bits per heavy atom. The van der Waals surface area contributed by atoms with Crippen molar-refractivity contribution in [2.75, 3.05) is 19.6 Å². The van der Waals surface area contributed by atoms with Gasteiger partial charge in [0.2, 0.25) is 5.60 Å².